The van der Waals surface area contributed by atoms with Crippen molar-refractivity contribution < 1.29 is 19.1 Å². The van der Waals surface area contributed by atoms with Crippen LogP contribution in [0.2, 0.25) is 5.02 Å². The first-order chi connectivity index (χ1) is 12.0. The van der Waals surface area contributed by atoms with Crippen LogP contribution in [-0.4, -0.2) is 38.0 Å². The van der Waals surface area contributed by atoms with Crippen LogP contribution in [0.1, 0.15) is 32.1 Å². The molecule has 136 valence electrons. The van der Waals surface area contributed by atoms with E-state index in [0.717, 1.165) is 24.9 Å². The normalized spacial score (nSPS) is 16.8. The van der Waals surface area contributed by atoms with Gasteiger partial charge in [0.25, 0.3) is 0 Å². The molecule has 0 saturated carbocycles. The Hall–Kier alpha value is -2.08. The fourth-order valence-electron chi connectivity index (χ4n) is 2.81. The van der Waals surface area contributed by atoms with Crippen LogP contribution in [0.15, 0.2) is 24.3 Å². The van der Waals surface area contributed by atoms with Gasteiger partial charge in [-0.2, -0.15) is 0 Å². The molecule has 1 aromatic carbocycles. The fourth-order valence-corrected chi connectivity index (χ4v) is 2.99. The van der Waals surface area contributed by atoms with Crippen molar-refractivity contribution in [2.75, 3.05) is 25.1 Å². The van der Waals surface area contributed by atoms with Crippen LogP contribution in [-0.2, 0) is 19.1 Å². The first-order valence-corrected chi connectivity index (χ1v) is 8.79. The Kier molecular flexibility index (Phi) is 7.25. The molecule has 1 atom stereocenters. The number of nitrogens with one attached hydrogen (secondary N) is 1. The number of methoxy groups -OCH3 is 1. The summed E-state index contributed by atoms with van der Waals surface area (Å²) in [6.45, 7) is 0.912. The summed E-state index contributed by atoms with van der Waals surface area (Å²) < 4.78 is 4.57. The lowest BCUT2D eigenvalue weighted by Gasteiger charge is -2.17. The van der Waals surface area contributed by atoms with E-state index in [2.05, 4.69) is 10.1 Å². The molecule has 2 rings (SSSR count). The zero-order valence-corrected chi connectivity index (χ0v) is 15.1. The highest BCUT2D eigenvalue weighted by molar-refractivity contribution is 6.30. The summed E-state index contributed by atoms with van der Waals surface area (Å²) in [6, 6.07) is 7.06. The van der Waals surface area contributed by atoms with Gasteiger partial charge in [0.2, 0.25) is 11.8 Å². The molecular weight excluding hydrogens is 344 g/mol. The molecule has 0 aromatic heterocycles. The minimum atomic E-state index is -0.346. The number of amides is 2. The average Bonchev–Trinajstić information content (AvgIpc) is 2.99. The van der Waals surface area contributed by atoms with Gasteiger partial charge in [-0.05, 0) is 31.0 Å². The summed E-state index contributed by atoms with van der Waals surface area (Å²) in [5.74, 6) is -0.734. The molecule has 1 unspecified atom stereocenters. The van der Waals surface area contributed by atoms with E-state index in [1.165, 1.54) is 7.11 Å². The third-order valence-corrected chi connectivity index (χ3v) is 4.44. The van der Waals surface area contributed by atoms with E-state index in [9.17, 15) is 14.4 Å². The second-order valence-corrected chi connectivity index (χ2v) is 6.50. The largest absolute Gasteiger partial charge is 0.469 e. The first-order valence-electron chi connectivity index (χ1n) is 8.41. The Labute approximate surface area is 152 Å². The number of rotatable bonds is 8. The van der Waals surface area contributed by atoms with Crippen molar-refractivity contribution in [3.63, 3.8) is 0 Å². The summed E-state index contributed by atoms with van der Waals surface area (Å²) in [4.78, 5) is 37.0. The summed E-state index contributed by atoms with van der Waals surface area (Å²) in [6.07, 6.45) is 2.99. The molecular formula is C18H23ClN2O4. The third-order valence-electron chi connectivity index (χ3n) is 4.20. The summed E-state index contributed by atoms with van der Waals surface area (Å²) >= 11 is 5.96. The number of anilines is 1. The summed E-state index contributed by atoms with van der Waals surface area (Å²) in [7, 11) is 1.37. The van der Waals surface area contributed by atoms with Crippen LogP contribution in [0.5, 0.6) is 0 Å². The lowest BCUT2D eigenvalue weighted by Crippen LogP contribution is -2.33. The van der Waals surface area contributed by atoms with Crippen molar-refractivity contribution in [2.45, 2.75) is 32.1 Å². The smallest absolute Gasteiger partial charge is 0.305 e. The Balaban J connectivity index is 1.72. The number of esters is 1. The molecule has 1 heterocycles. The van der Waals surface area contributed by atoms with Crippen molar-refractivity contribution in [2.24, 2.45) is 5.92 Å². The van der Waals surface area contributed by atoms with Crippen LogP contribution in [0.25, 0.3) is 0 Å². The number of benzene rings is 1. The minimum Gasteiger partial charge on any atom is -0.469 e. The molecule has 2 amide bonds. The molecule has 7 heteroatoms. The number of hydrogen-bond acceptors (Lipinski definition) is 4. The van der Waals surface area contributed by atoms with Gasteiger partial charge < -0.3 is 15.0 Å². The predicted molar refractivity (Wildman–Crippen MR) is 95.4 cm³/mol. The number of hydrogen-bond donors (Lipinski definition) is 1. The van der Waals surface area contributed by atoms with Gasteiger partial charge in [0.15, 0.2) is 0 Å². The van der Waals surface area contributed by atoms with E-state index in [-0.39, 0.29) is 30.1 Å². The quantitative estimate of drug-likeness (QED) is 0.566. The Bertz CT molecular complexity index is 635. The standard InChI is InChI=1S/C18H23ClN2O4/c1-25-17(23)8-3-2-4-9-20-18(24)13-10-16(22)21(12-13)15-7-5-6-14(19)11-15/h5-7,11,13H,2-4,8-10,12H2,1H3,(H,20,24). The Morgan fingerprint density at radius 3 is 2.84 bits per heavy atom. The van der Waals surface area contributed by atoms with Crippen molar-refractivity contribution >= 4 is 35.1 Å². The predicted octanol–water partition coefficient (Wildman–Crippen LogP) is 2.54. The SMILES string of the molecule is COC(=O)CCCCCNC(=O)C1CC(=O)N(c2cccc(Cl)c2)C1. The first kappa shape index (κ1) is 19.2. The molecule has 1 fully saturated rings. The molecule has 0 aliphatic carbocycles. The van der Waals surface area contributed by atoms with Crippen molar-refractivity contribution in [1.29, 1.82) is 0 Å². The zero-order chi connectivity index (χ0) is 18.2. The minimum absolute atomic E-state index is 0.0690. The molecule has 6 nitrogen and oxygen atoms in total. The van der Waals surface area contributed by atoms with Gasteiger partial charge in [0.1, 0.15) is 0 Å². The molecule has 1 aliphatic rings. The molecule has 1 N–H and O–H groups in total. The van der Waals surface area contributed by atoms with Gasteiger partial charge >= 0.3 is 5.97 Å². The highest BCUT2D eigenvalue weighted by Gasteiger charge is 2.34. The monoisotopic (exact) mass is 366 g/mol. The topological polar surface area (TPSA) is 75.7 Å². The molecule has 1 saturated heterocycles. The van der Waals surface area contributed by atoms with Crippen molar-refractivity contribution in [3.05, 3.63) is 29.3 Å². The molecule has 1 aromatic rings. The van der Waals surface area contributed by atoms with Gasteiger partial charge in [0, 0.05) is 36.6 Å². The molecule has 0 spiro atoms. The van der Waals surface area contributed by atoms with Crippen LogP contribution in [0, 0.1) is 5.92 Å². The van der Waals surface area contributed by atoms with E-state index < -0.39 is 0 Å². The zero-order valence-electron chi connectivity index (χ0n) is 14.3. The van der Waals surface area contributed by atoms with E-state index >= 15 is 0 Å². The van der Waals surface area contributed by atoms with E-state index in [4.69, 9.17) is 11.6 Å². The van der Waals surface area contributed by atoms with Gasteiger partial charge in [-0.25, -0.2) is 0 Å². The molecule has 1 aliphatic heterocycles. The maximum Gasteiger partial charge on any atom is 0.305 e. The number of carbonyl (C=O) groups excluding carboxylic acids is 3. The van der Waals surface area contributed by atoms with Crippen LogP contribution >= 0.6 is 11.6 Å². The van der Waals surface area contributed by atoms with Gasteiger partial charge in [-0.3, -0.25) is 14.4 Å². The van der Waals surface area contributed by atoms with E-state index in [1.807, 2.05) is 6.07 Å². The lowest BCUT2D eigenvalue weighted by atomic mass is 10.1. The highest BCUT2D eigenvalue weighted by atomic mass is 35.5. The number of unbranched alkanes of at least 4 members (excludes halogenated alkanes) is 2. The average molecular weight is 367 g/mol. The van der Waals surface area contributed by atoms with Gasteiger partial charge in [-0.1, -0.05) is 24.1 Å². The van der Waals surface area contributed by atoms with E-state index in [0.29, 0.717) is 24.5 Å². The second kappa shape index (κ2) is 9.42. The fraction of sp³-hybridized carbons (Fsp3) is 0.500. The Morgan fingerprint density at radius 1 is 1.32 bits per heavy atom. The van der Waals surface area contributed by atoms with Gasteiger partial charge in [0.05, 0.1) is 13.0 Å². The van der Waals surface area contributed by atoms with Crippen LogP contribution in [0.4, 0.5) is 5.69 Å². The maximum atomic E-state index is 12.2. The van der Waals surface area contributed by atoms with E-state index in [1.54, 1.807) is 23.1 Å². The number of nitrogens with zero attached hydrogens (tertiary/aromatic N) is 1. The molecule has 0 radical (unpaired) electrons. The molecule has 25 heavy (non-hydrogen) atoms. The van der Waals surface area contributed by atoms with Crippen molar-refractivity contribution in [3.8, 4) is 0 Å². The number of carbonyl (C=O) groups is 3. The second-order valence-electron chi connectivity index (χ2n) is 6.06. The van der Waals surface area contributed by atoms with Crippen LogP contribution in [0.3, 0.4) is 0 Å². The Morgan fingerprint density at radius 2 is 2.12 bits per heavy atom. The summed E-state index contributed by atoms with van der Waals surface area (Å²) in [5, 5.41) is 3.43. The highest BCUT2D eigenvalue weighted by Crippen LogP contribution is 2.27. The summed E-state index contributed by atoms with van der Waals surface area (Å²) in [5.41, 5.74) is 0.718. The third kappa shape index (κ3) is 5.74. The number of halogens is 1. The lowest BCUT2D eigenvalue weighted by molar-refractivity contribution is -0.140. The van der Waals surface area contributed by atoms with Crippen molar-refractivity contribution in [1.82, 2.24) is 5.32 Å². The van der Waals surface area contributed by atoms with Crippen LogP contribution < -0.4 is 10.2 Å². The maximum absolute atomic E-state index is 12.2. The van der Waals surface area contributed by atoms with Gasteiger partial charge in [-0.15, -0.1) is 0 Å². The molecule has 0 bridgehead atoms. The number of ether oxygens (including phenoxy) is 1.